The molecule has 1 aromatic rings. The van der Waals surface area contributed by atoms with Crippen LogP contribution in [0.2, 0.25) is 0 Å². The third-order valence-corrected chi connectivity index (χ3v) is 3.44. The number of anilines is 1. The van der Waals surface area contributed by atoms with E-state index in [0.717, 1.165) is 16.8 Å². The van der Waals surface area contributed by atoms with E-state index in [1.807, 2.05) is 44.0 Å². The smallest absolute Gasteiger partial charge is 0.228 e. The first-order valence-corrected chi connectivity index (χ1v) is 5.96. The van der Waals surface area contributed by atoms with Gasteiger partial charge in [0.15, 0.2) is 0 Å². The third-order valence-electron chi connectivity index (χ3n) is 3.44. The van der Waals surface area contributed by atoms with Crippen LogP contribution in [0.25, 0.3) is 0 Å². The molecule has 1 amide bonds. The van der Waals surface area contributed by atoms with Crippen LogP contribution >= 0.6 is 0 Å². The first kappa shape index (κ1) is 12.6. The van der Waals surface area contributed by atoms with Crippen LogP contribution in [0.5, 0.6) is 0 Å². The lowest BCUT2D eigenvalue weighted by Crippen LogP contribution is -2.39. The molecular formula is C14H17N3O. The summed E-state index contributed by atoms with van der Waals surface area (Å²) in [6.07, 6.45) is 0.453. The number of rotatable bonds is 3. The summed E-state index contributed by atoms with van der Waals surface area (Å²) in [6, 6.07) is 8.25. The molecule has 18 heavy (non-hydrogen) atoms. The Morgan fingerprint density at radius 3 is 2.89 bits per heavy atom. The molecule has 1 aliphatic heterocycles. The van der Waals surface area contributed by atoms with Crippen LogP contribution in [-0.4, -0.2) is 23.4 Å². The second kappa shape index (κ2) is 4.43. The van der Waals surface area contributed by atoms with E-state index in [-0.39, 0.29) is 5.91 Å². The highest BCUT2D eigenvalue weighted by Crippen LogP contribution is 2.25. The normalized spacial score (nSPS) is 14.3. The zero-order valence-electron chi connectivity index (χ0n) is 10.9. The van der Waals surface area contributed by atoms with Gasteiger partial charge in [0, 0.05) is 12.2 Å². The Balaban J connectivity index is 2.15. The van der Waals surface area contributed by atoms with Gasteiger partial charge < -0.3 is 5.32 Å². The van der Waals surface area contributed by atoms with Crippen molar-refractivity contribution in [2.24, 2.45) is 0 Å². The number of hydrogen-bond donors (Lipinski definition) is 1. The maximum Gasteiger partial charge on any atom is 0.228 e. The van der Waals surface area contributed by atoms with Crippen LogP contribution in [0.3, 0.4) is 0 Å². The quantitative estimate of drug-likeness (QED) is 0.882. The average molecular weight is 243 g/mol. The van der Waals surface area contributed by atoms with Gasteiger partial charge in [0.2, 0.25) is 5.91 Å². The predicted octanol–water partition coefficient (Wildman–Crippen LogP) is 1.92. The fourth-order valence-corrected chi connectivity index (χ4v) is 1.94. The molecule has 4 heteroatoms. The van der Waals surface area contributed by atoms with Gasteiger partial charge in [-0.25, -0.2) is 0 Å². The Morgan fingerprint density at radius 2 is 2.22 bits per heavy atom. The zero-order valence-corrected chi connectivity index (χ0v) is 10.9. The van der Waals surface area contributed by atoms with Gasteiger partial charge in [-0.3, -0.25) is 9.69 Å². The molecule has 1 heterocycles. The predicted molar refractivity (Wildman–Crippen MR) is 69.9 cm³/mol. The number of fused-ring (bicyclic) bond motifs is 1. The van der Waals surface area contributed by atoms with Gasteiger partial charge in [-0.05, 0) is 38.1 Å². The van der Waals surface area contributed by atoms with Crippen molar-refractivity contribution < 1.29 is 4.79 Å². The van der Waals surface area contributed by atoms with E-state index in [0.29, 0.717) is 13.0 Å². The van der Waals surface area contributed by atoms with Crippen molar-refractivity contribution in [3.05, 3.63) is 29.3 Å². The Hall–Kier alpha value is -1.86. The molecule has 0 aliphatic carbocycles. The van der Waals surface area contributed by atoms with Crippen LogP contribution in [0.1, 0.15) is 25.0 Å². The Bertz CT molecular complexity index is 528. The molecule has 1 aromatic carbocycles. The number of carbonyl (C=O) groups is 1. The number of nitriles is 1. The van der Waals surface area contributed by atoms with Crippen molar-refractivity contribution >= 4 is 11.6 Å². The summed E-state index contributed by atoms with van der Waals surface area (Å²) in [5.41, 5.74) is 2.58. The second-order valence-electron chi connectivity index (χ2n) is 5.24. The highest BCUT2D eigenvalue weighted by Gasteiger charge is 2.23. The summed E-state index contributed by atoms with van der Waals surface area (Å²) < 4.78 is 0. The van der Waals surface area contributed by atoms with Crippen LogP contribution in [0, 0.1) is 11.3 Å². The fraction of sp³-hybridized carbons (Fsp3) is 0.429. The highest BCUT2D eigenvalue weighted by molar-refractivity contribution is 5.99. The lowest BCUT2D eigenvalue weighted by Gasteiger charge is -2.29. The number of nitrogens with one attached hydrogen (secondary N) is 1. The van der Waals surface area contributed by atoms with Crippen LogP contribution in [0.15, 0.2) is 18.2 Å². The van der Waals surface area contributed by atoms with Crippen molar-refractivity contribution in [3.8, 4) is 6.07 Å². The molecule has 0 saturated carbocycles. The van der Waals surface area contributed by atoms with Gasteiger partial charge in [0.25, 0.3) is 0 Å². The van der Waals surface area contributed by atoms with Crippen molar-refractivity contribution in [2.75, 3.05) is 12.4 Å². The maximum absolute atomic E-state index is 11.3. The largest absolute Gasteiger partial charge is 0.326 e. The van der Waals surface area contributed by atoms with Crippen molar-refractivity contribution in [3.63, 3.8) is 0 Å². The summed E-state index contributed by atoms with van der Waals surface area (Å²) >= 11 is 0. The van der Waals surface area contributed by atoms with Crippen molar-refractivity contribution in [1.29, 1.82) is 5.26 Å². The van der Waals surface area contributed by atoms with E-state index >= 15 is 0 Å². The number of benzene rings is 1. The molecule has 0 aromatic heterocycles. The monoisotopic (exact) mass is 243 g/mol. The van der Waals surface area contributed by atoms with Gasteiger partial charge in [0.05, 0.1) is 12.5 Å². The number of carbonyl (C=O) groups excluding carboxylic acids is 1. The van der Waals surface area contributed by atoms with Gasteiger partial charge in [-0.1, -0.05) is 12.1 Å². The lowest BCUT2D eigenvalue weighted by atomic mass is 10.0. The standard InChI is InChI=1S/C14H17N3O/c1-14(2,9-15)17(3)8-10-4-5-12-11(6-10)7-13(18)16-12/h4-6H,7-8H2,1-3H3,(H,16,18). The first-order valence-electron chi connectivity index (χ1n) is 5.96. The van der Waals surface area contributed by atoms with Crippen molar-refractivity contribution in [2.45, 2.75) is 32.4 Å². The summed E-state index contributed by atoms with van der Waals surface area (Å²) in [7, 11) is 1.93. The SMILES string of the molecule is CN(Cc1ccc2c(c1)CC(=O)N2)C(C)(C)C#N. The molecule has 4 nitrogen and oxygen atoms in total. The minimum absolute atomic E-state index is 0.0489. The summed E-state index contributed by atoms with van der Waals surface area (Å²) in [4.78, 5) is 13.3. The molecule has 1 N–H and O–H groups in total. The van der Waals surface area contributed by atoms with Gasteiger partial charge >= 0.3 is 0 Å². The Morgan fingerprint density at radius 1 is 1.50 bits per heavy atom. The topological polar surface area (TPSA) is 56.1 Å². The Kier molecular flexibility index (Phi) is 3.10. The van der Waals surface area contributed by atoms with E-state index in [9.17, 15) is 4.79 Å². The van der Waals surface area contributed by atoms with E-state index in [4.69, 9.17) is 5.26 Å². The molecular weight excluding hydrogens is 226 g/mol. The van der Waals surface area contributed by atoms with E-state index in [1.165, 1.54) is 0 Å². The molecule has 2 rings (SSSR count). The molecule has 0 spiro atoms. The zero-order chi connectivity index (χ0) is 13.3. The first-order chi connectivity index (χ1) is 8.42. The number of nitrogens with zero attached hydrogens (tertiary/aromatic N) is 2. The van der Waals surface area contributed by atoms with E-state index in [1.54, 1.807) is 0 Å². The minimum Gasteiger partial charge on any atom is -0.326 e. The molecule has 0 unspecified atom stereocenters. The van der Waals surface area contributed by atoms with E-state index < -0.39 is 5.54 Å². The van der Waals surface area contributed by atoms with Gasteiger partial charge in [-0.15, -0.1) is 0 Å². The van der Waals surface area contributed by atoms with Gasteiger partial charge in [0.1, 0.15) is 5.54 Å². The molecule has 0 atom stereocenters. The number of amides is 1. The minimum atomic E-state index is -0.493. The van der Waals surface area contributed by atoms with E-state index in [2.05, 4.69) is 11.4 Å². The highest BCUT2D eigenvalue weighted by atomic mass is 16.1. The Labute approximate surface area is 107 Å². The maximum atomic E-state index is 11.3. The molecule has 0 saturated heterocycles. The van der Waals surface area contributed by atoms with Crippen LogP contribution in [-0.2, 0) is 17.8 Å². The molecule has 0 radical (unpaired) electrons. The molecule has 0 fully saturated rings. The molecule has 94 valence electrons. The summed E-state index contributed by atoms with van der Waals surface area (Å²) in [5, 5.41) is 11.9. The van der Waals surface area contributed by atoms with Gasteiger partial charge in [-0.2, -0.15) is 5.26 Å². The number of hydrogen-bond acceptors (Lipinski definition) is 3. The van der Waals surface area contributed by atoms with Crippen LogP contribution in [0.4, 0.5) is 5.69 Å². The third kappa shape index (κ3) is 2.36. The lowest BCUT2D eigenvalue weighted by molar-refractivity contribution is -0.115. The summed E-state index contributed by atoms with van der Waals surface area (Å²) in [5.74, 6) is 0.0489. The average Bonchev–Trinajstić information content (AvgIpc) is 2.68. The summed E-state index contributed by atoms with van der Waals surface area (Å²) in [6.45, 7) is 4.49. The molecule has 0 bridgehead atoms. The van der Waals surface area contributed by atoms with Crippen LogP contribution < -0.4 is 5.32 Å². The second-order valence-corrected chi connectivity index (χ2v) is 5.24. The van der Waals surface area contributed by atoms with Crippen molar-refractivity contribution in [1.82, 2.24) is 4.90 Å². The fourth-order valence-electron chi connectivity index (χ4n) is 1.94. The molecule has 1 aliphatic rings.